The number of phenols is 1. The fraction of sp³-hybridized carbons (Fsp3) is 0.462. The van der Waals surface area contributed by atoms with Crippen molar-refractivity contribution in [1.82, 2.24) is 5.32 Å². The van der Waals surface area contributed by atoms with Gasteiger partial charge in [-0.05, 0) is 30.5 Å². The molecule has 3 nitrogen and oxygen atoms in total. The molecule has 0 fully saturated rings. The third kappa shape index (κ3) is 4.65. The number of carbonyl (C=O) groups is 1. The van der Waals surface area contributed by atoms with Gasteiger partial charge in [0.1, 0.15) is 5.75 Å². The number of halogens is 1. The second kappa shape index (κ2) is 7.17. The van der Waals surface area contributed by atoms with Gasteiger partial charge in [0.2, 0.25) is 0 Å². The summed E-state index contributed by atoms with van der Waals surface area (Å²) in [5.41, 5.74) is 0.478. The zero-order valence-corrected chi connectivity index (χ0v) is 10.7. The number of hydrogen-bond donors (Lipinski definition) is 2. The highest BCUT2D eigenvalue weighted by atomic mass is 35.5. The van der Waals surface area contributed by atoms with Gasteiger partial charge in [0.25, 0.3) is 5.91 Å². The van der Waals surface area contributed by atoms with Crippen LogP contribution in [0.25, 0.3) is 0 Å². The molecule has 0 spiro atoms. The van der Waals surface area contributed by atoms with Gasteiger partial charge in [-0.25, -0.2) is 0 Å². The van der Waals surface area contributed by atoms with E-state index in [-0.39, 0.29) is 11.7 Å². The van der Waals surface area contributed by atoms with Crippen molar-refractivity contribution in [2.45, 2.75) is 19.8 Å². The van der Waals surface area contributed by atoms with Crippen LogP contribution in [0.2, 0.25) is 0 Å². The van der Waals surface area contributed by atoms with E-state index in [4.69, 9.17) is 11.6 Å². The third-order valence-electron chi connectivity index (χ3n) is 2.75. The van der Waals surface area contributed by atoms with Gasteiger partial charge in [-0.15, -0.1) is 11.6 Å². The summed E-state index contributed by atoms with van der Waals surface area (Å²) in [5, 5.41) is 12.1. The largest absolute Gasteiger partial charge is 0.508 e. The number of aromatic hydroxyl groups is 1. The number of amides is 1. The molecular formula is C13H18ClNO2. The second-order valence-corrected chi connectivity index (χ2v) is 4.39. The molecule has 1 aromatic carbocycles. The highest BCUT2D eigenvalue weighted by molar-refractivity contribution is 6.17. The number of benzene rings is 1. The Bertz CT molecular complexity index is 368. The quantitative estimate of drug-likeness (QED) is 0.768. The molecule has 1 atom stereocenters. The maximum Gasteiger partial charge on any atom is 0.251 e. The molecule has 1 rings (SSSR count). The first-order valence-electron chi connectivity index (χ1n) is 5.80. The third-order valence-corrected chi connectivity index (χ3v) is 2.97. The lowest BCUT2D eigenvalue weighted by Crippen LogP contribution is -2.29. The van der Waals surface area contributed by atoms with Crippen molar-refractivity contribution < 1.29 is 9.90 Å². The zero-order chi connectivity index (χ0) is 12.7. The van der Waals surface area contributed by atoms with E-state index in [9.17, 15) is 9.90 Å². The fourth-order valence-electron chi connectivity index (χ4n) is 1.59. The van der Waals surface area contributed by atoms with Crippen LogP contribution < -0.4 is 5.32 Å². The summed E-state index contributed by atoms with van der Waals surface area (Å²) in [6, 6.07) is 6.33. The van der Waals surface area contributed by atoms with Gasteiger partial charge < -0.3 is 10.4 Å². The van der Waals surface area contributed by atoms with E-state index in [2.05, 4.69) is 12.2 Å². The predicted molar refractivity (Wildman–Crippen MR) is 69.6 cm³/mol. The monoisotopic (exact) mass is 255 g/mol. The second-order valence-electron chi connectivity index (χ2n) is 4.01. The highest BCUT2D eigenvalue weighted by Gasteiger charge is 2.09. The molecule has 17 heavy (non-hydrogen) atoms. The average molecular weight is 256 g/mol. The number of phenolic OH excluding ortho intramolecular Hbond substituents is 1. The Morgan fingerprint density at radius 3 is 2.88 bits per heavy atom. The molecule has 1 amide bonds. The van der Waals surface area contributed by atoms with Crippen molar-refractivity contribution in [2.24, 2.45) is 5.92 Å². The van der Waals surface area contributed by atoms with E-state index in [0.29, 0.717) is 23.9 Å². The molecule has 0 radical (unpaired) electrons. The van der Waals surface area contributed by atoms with Gasteiger partial charge >= 0.3 is 0 Å². The van der Waals surface area contributed by atoms with Gasteiger partial charge in [0.05, 0.1) is 0 Å². The van der Waals surface area contributed by atoms with Crippen LogP contribution in [0, 0.1) is 5.92 Å². The van der Waals surface area contributed by atoms with Crippen LogP contribution in [0.4, 0.5) is 0 Å². The standard InChI is InChI=1S/C13H18ClNO2/c1-2-10(6-7-14)9-15-13(17)11-4-3-5-12(16)8-11/h3-5,8,10,16H,2,6-7,9H2,1H3,(H,15,17). The van der Waals surface area contributed by atoms with Crippen molar-refractivity contribution in [3.8, 4) is 5.75 Å². The average Bonchev–Trinajstić information content (AvgIpc) is 2.34. The van der Waals surface area contributed by atoms with E-state index < -0.39 is 0 Å². The van der Waals surface area contributed by atoms with Gasteiger partial charge in [-0.3, -0.25) is 4.79 Å². The van der Waals surface area contributed by atoms with E-state index in [1.165, 1.54) is 6.07 Å². The van der Waals surface area contributed by atoms with Crippen LogP contribution in [0.1, 0.15) is 30.1 Å². The number of rotatable bonds is 6. The minimum Gasteiger partial charge on any atom is -0.508 e. The maximum atomic E-state index is 11.8. The summed E-state index contributed by atoms with van der Waals surface area (Å²) in [4.78, 5) is 11.8. The molecule has 0 aromatic heterocycles. The molecule has 0 aliphatic rings. The lowest BCUT2D eigenvalue weighted by Gasteiger charge is -2.14. The molecule has 0 saturated heterocycles. The topological polar surface area (TPSA) is 49.3 Å². The van der Waals surface area contributed by atoms with Crippen LogP contribution in [0.5, 0.6) is 5.75 Å². The summed E-state index contributed by atoms with van der Waals surface area (Å²) >= 11 is 5.68. The number of nitrogens with one attached hydrogen (secondary N) is 1. The minimum absolute atomic E-state index is 0.102. The molecule has 0 aliphatic carbocycles. The molecule has 0 bridgehead atoms. The number of hydrogen-bond acceptors (Lipinski definition) is 2. The van der Waals surface area contributed by atoms with Gasteiger partial charge in [0.15, 0.2) is 0 Å². The Morgan fingerprint density at radius 2 is 2.29 bits per heavy atom. The first kappa shape index (κ1) is 13.8. The Hall–Kier alpha value is -1.22. The molecule has 2 N–H and O–H groups in total. The maximum absolute atomic E-state index is 11.8. The van der Waals surface area contributed by atoms with Gasteiger partial charge in [-0.1, -0.05) is 19.4 Å². The van der Waals surface area contributed by atoms with Gasteiger partial charge in [0, 0.05) is 18.0 Å². The molecule has 94 valence electrons. The molecule has 1 unspecified atom stereocenters. The minimum atomic E-state index is -0.158. The molecule has 0 saturated carbocycles. The van der Waals surface area contributed by atoms with Crippen LogP contribution >= 0.6 is 11.6 Å². The van der Waals surface area contributed by atoms with E-state index in [1.807, 2.05) is 0 Å². The molecule has 4 heteroatoms. The summed E-state index contributed by atoms with van der Waals surface area (Å²) in [6.45, 7) is 2.70. The van der Waals surface area contributed by atoms with Crippen molar-refractivity contribution in [3.05, 3.63) is 29.8 Å². The Morgan fingerprint density at radius 1 is 1.53 bits per heavy atom. The summed E-state index contributed by atoms with van der Waals surface area (Å²) < 4.78 is 0. The summed E-state index contributed by atoms with van der Waals surface area (Å²) in [6.07, 6.45) is 1.89. The predicted octanol–water partition coefficient (Wildman–Crippen LogP) is 2.78. The van der Waals surface area contributed by atoms with E-state index >= 15 is 0 Å². The fourth-order valence-corrected chi connectivity index (χ4v) is 1.90. The Labute approximate surface area is 107 Å². The zero-order valence-electron chi connectivity index (χ0n) is 9.95. The normalized spacial score (nSPS) is 12.1. The smallest absolute Gasteiger partial charge is 0.251 e. The first-order chi connectivity index (χ1) is 8.17. The van der Waals surface area contributed by atoms with Crippen LogP contribution in [-0.4, -0.2) is 23.4 Å². The Balaban J connectivity index is 2.49. The SMILES string of the molecule is CCC(CCCl)CNC(=O)c1cccc(O)c1. The lowest BCUT2D eigenvalue weighted by molar-refractivity contribution is 0.0946. The van der Waals surface area contributed by atoms with Crippen molar-refractivity contribution in [2.75, 3.05) is 12.4 Å². The van der Waals surface area contributed by atoms with E-state index in [1.54, 1.807) is 18.2 Å². The van der Waals surface area contributed by atoms with Crippen LogP contribution in [0.3, 0.4) is 0 Å². The van der Waals surface area contributed by atoms with Crippen LogP contribution in [0.15, 0.2) is 24.3 Å². The Kier molecular flexibility index (Phi) is 5.84. The highest BCUT2D eigenvalue weighted by Crippen LogP contribution is 2.12. The van der Waals surface area contributed by atoms with E-state index in [0.717, 1.165) is 12.8 Å². The number of carbonyl (C=O) groups excluding carboxylic acids is 1. The lowest BCUT2D eigenvalue weighted by atomic mass is 10.0. The molecule has 0 heterocycles. The molecule has 1 aromatic rings. The van der Waals surface area contributed by atoms with Crippen LogP contribution in [-0.2, 0) is 0 Å². The van der Waals surface area contributed by atoms with Crippen molar-refractivity contribution in [1.29, 1.82) is 0 Å². The first-order valence-corrected chi connectivity index (χ1v) is 6.34. The number of alkyl halides is 1. The van der Waals surface area contributed by atoms with Crippen molar-refractivity contribution >= 4 is 17.5 Å². The van der Waals surface area contributed by atoms with Gasteiger partial charge in [-0.2, -0.15) is 0 Å². The summed E-state index contributed by atoms with van der Waals surface area (Å²) in [7, 11) is 0. The summed E-state index contributed by atoms with van der Waals surface area (Å²) in [5.74, 6) is 0.966. The van der Waals surface area contributed by atoms with Crippen molar-refractivity contribution in [3.63, 3.8) is 0 Å². The molecule has 0 aliphatic heterocycles. The molecular weight excluding hydrogens is 238 g/mol.